The van der Waals surface area contributed by atoms with E-state index in [1.165, 1.54) is 6.42 Å². The van der Waals surface area contributed by atoms with Crippen LogP contribution in [-0.4, -0.2) is 52.3 Å². The maximum Gasteiger partial charge on any atom is 0.318 e. The van der Waals surface area contributed by atoms with Gasteiger partial charge in [0, 0.05) is 32.0 Å². The first-order valence-electron chi connectivity index (χ1n) is 12.2. The average Bonchev–Trinajstić information content (AvgIpc) is 2.83. The number of hydrogen-bond acceptors (Lipinski definition) is 3. The van der Waals surface area contributed by atoms with Gasteiger partial charge in [-0.15, -0.1) is 0 Å². The lowest BCUT2D eigenvalue weighted by molar-refractivity contribution is -0.144. The molecule has 4 rings (SSSR count). The molecule has 1 heterocycles. The normalized spacial score (nSPS) is 21.4. The summed E-state index contributed by atoms with van der Waals surface area (Å²) in [5.41, 5.74) is 7.57. The number of amides is 4. The van der Waals surface area contributed by atoms with E-state index in [1.54, 1.807) is 9.80 Å². The summed E-state index contributed by atoms with van der Waals surface area (Å²) in [5.74, 6) is -0.583. The minimum atomic E-state index is -0.701. The average molecular weight is 463 g/mol. The second kappa shape index (κ2) is 11.2. The van der Waals surface area contributed by atoms with Crippen LogP contribution < -0.4 is 11.1 Å². The van der Waals surface area contributed by atoms with E-state index < -0.39 is 18.0 Å². The van der Waals surface area contributed by atoms with E-state index in [9.17, 15) is 14.4 Å². The van der Waals surface area contributed by atoms with E-state index in [0.29, 0.717) is 13.0 Å². The van der Waals surface area contributed by atoms with E-state index in [0.717, 1.165) is 36.8 Å². The van der Waals surface area contributed by atoms with Gasteiger partial charge in [0.1, 0.15) is 6.04 Å². The standard InChI is InChI=1S/C27H34N4O3/c28-25(32)17-23-19-30(18-21-12-6-2-7-13-21)26(33)24(16-20-10-4-1-5-11-20)31(23)27(34)29-22-14-8-3-9-15-22/h1-2,4-7,10-13,22-24H,3,8-9,14-19H2,(H2,28,32)(H,29,34)/t23?,24-/m0/s1. The first-order chi connectivity index (χ1) is 16.5. The van der Waals surface area contributed by atoms with Gasteiger partial charge in [-0.05, 0) is 24.0 Å². The number of primary amides is 1. The lowest BCUT2D eigenvalue weighted by Gasteiger charge is -2.46. The van der Waals surface area contributed by atoms with Gasteiger partial charge in [-0.1, -0.05) is 79.9 Å². The van der Waals surface area contributed by atoms with Crippen molar-refractivity contribution in [3.8, 4) is 0 Å². The largest absolute Gasteiger partial charge is 0.370 e. The highest BCUT2D eigenvalue weighted by molar-refractivity contribution is 5.90. The molecule has 3 N–H and O–H groups in total. The molecule has 1 aliphatic carbocycles. The molecular formula is C27H34N4O3. The second-order valence-corrected chi connectivity index (χ2v) is 9.43. The van der Waals surface area contributed by atoms with Gasteiger partial charge >= 0.3 is 6.03 Å². The van der Waals surface area contributed by atoms with Gasteiger partial charge in [0.25, 0.3) is 0 Å². The molecule has 1 aliphatic heterocycles. The van der Waals surface area contributed by atoms with Gasteiger partial charge in [0.05, 0.1) is 6.04 Å². The highest BCUT2D eigenvalue weighted by Crippen LogP contribution is 2.26. The Morgan fingerprint density at radius 3 is 2.15 bits per heavy atom. The maximum absolute atomic E-state index is 13.8. The fourth-order valence-electron chi connectivity index (χ4n) is 5.18. The summed E-state index contributed by atoms with van der Waals surface area (Å²) in [5, 5.41) is 3.16. The van der Waals surface area contributed by atoms with Crippen LogP contribution in [0.25, 0.3) is 0 Å². The summed E-state index contributed by atoms with van der Waals surface area (Å²) in [7, 11) is 0. The predicted molar refractivity (Wildman–Crippen MR) is 131 cm³/mol. The molecule has 0 spiro atoms. The first kappa shape index (κ1) is 23.8. The second-order valence-electron chi connectivity index (χ2n) is 9.43. The molecule has 1 unspecified atom stereocenters. The molecular weight excluding hydrogens is 428 g/mol. The maximum atomic E-state index is 13.8. The van der Waals surface area contributed by atoms with Gasteiger partial charge in [0.15, 0.2) is 0 Å². The molecule has 2 atom stereocenters. The summed E-state index contributed by atoms with van der Waals surface area (Å²) in [6.45, 7) is 0.707. The van der Waals surface area contributed by atoms with Crippen LogP contribution in [0.15, 0.2) is 60.7 Å². The van der Waals surface area contributed by atoms with Crippen molar-refractivity contribution < 1.29 is 14.4 Å². The number of nitrogens with two attached hydrogens (primary N) is 1. The number of carbonyl (C=O) groups is 3. The van der Waals surface area contributed by atoms with Crippen molar-refractivity contribution in [3.05, 3.63) is 71.8 Å². The van der Waals surface area contributed by atoms with Crippen LogP contribution in [0.1, 0.15) is 49.7 Å². The Bertz CT molecular complexity index is 976. The van der Waals surface area contributed by atoms with Crippen molar-refractivity contribution in [1.29, 1.82) is 0 Å². The summed E-state index contributed by atoms with van der Waals surface area (Å²) < 4.78 is 0. The quantitative estimate of drug-likeness (QED) is 0.661. The Morgan fingerprint density at radius 2 is 1.53 bits per heavy atom. The van der Waals surface area contributed by atoms with Crippen LogP contribution in [0.2, 0.25) is 0 Å². The topological polar surface area (TPSA) is 95.7 Å². The Kier molecular flexibility index (Phi) is 7.83. The van der Waals surface area contributed by atoms with E-state index in [4.69, 9.17) is 5.73 Å². The van der Waals surface area contributed by atoms with Crippen LogP contribution >= 0.6 is 0 Å². The molecule has 2 aliphatic rings. The van der Waals surface area contributed by atoms with E-state index in [2.05, 4.69) is 5.32 Å². The summed E-state index contributed by atoms with van der Waals surface area (Å²) in [4.78, 5) is 42.7. The van der Waals surface area contributed by atoms with Crippen molar-refractivity contribution in [2.75, 3.05) is 6.54 Å². The zero-order valence-corrected chi connectivity index (χ0v) is 19.6. The molecule has 0 bridgehead atoms. The minimum absolute atomic E-state index is 0.0158. The molecule has 2 aromatic carbocycles. The fourth-order valence-corrected chi connectivity index (χ4v) is 5.18. The SMILES string of the molecule is NC(=O)CC1CN(Cc2ccccc2)C(=O)[C@H](Cc2ccccc2)N1C(=O)NC1CCCCC1. The molecule has 0 aromatic heterocycles. The summed E-state index contributed by atoms with van der Waals surface area (Å²) in [6.07, 6.45) is 5.65. The van der Waals surface area contributed by atoms with Crippen LogP contribution in [-0.2, 0) is 22.6 Å². The zero-order valence-electron chi connectivity index (χ0n) is 19.6. The van der Waals surface area contributed by atoms with Crippen molar-refractivity contribution >= 4 is 17.8 Å². The Labute approximate surface area is 201 Å². The van der Waals surface area contributed by atoms with E-state index in [1.807, 2.05) is 60.7 Å². The van der Waals surface area contributed by atoms with Crippen LogP contribution in [0.5, 0.6) is 0 Å². The molecule has 1 saturated carbocycles. The number of rotatable bonds is 7. The third-order valence-electron chi connectivity index (χ3n) is 6.85. The van der Waals surface area contributed by atoms with Crippen molar-refractivity contribution in [1.82, 2.24) is 15.1 Å². The number of piperazine rings is 1. The highest BCUT2D eigenvalue weighted by Gasteiger charge is 2.44. The lowest BCUT2D eigenvalue weighted by atomic mass is 9.94. The molecule has 2 fully saturated rings. The number of hydrogen-bond donors (Lipinski definition) is 2. The van der Waals surface area contributed by atoms with Crippen molar-refractivity contribution in [2.24, 2.45) is 5.73 Å². The molecule has 4 amide bonds. The molecule has 7 nitrogen and oxygen atoms in total. The van der Waals surface area contributed by atoms with Gasteiger partial charge in [-0.2, -0.15) is 0 Å². The van der Waals surface area contributed by atoms with E-state index >= 15 is 0 Å². The highest BCUT2D eigenvalue weighted by atomic mass is 16.2. The molecule has 180 valence electrons. The van der Waals surface area contributed by atoms with Crippen LogP contribution in [0.3, 0.4) is 0 Å². The van der Waals surface area contributed by atoms with E-state index in [-0.39, 0.29) is 30.9 Å². The number of benzene rings is 2. The number of urea groups is 1. The lowest BCUT2D eigenvalue weighted by Crippen LogP contribution is -2.66. The van der Waals surface area contributed by atoms with Crippen molar-refractivity contribution in [2.45, 2.75) is 69.6 Å². The molecule has 0 radical (unpaired) electrons. The third-order valence-corrected chi connectivity index (χ3v) is 6.85. The Hall–Kier alpha value is -3.35. The Balaban J connectivity index is 1.63. The summed E-state index contributed by atoms with van der Waals surface area (Å²) in [6, 6.07) is 18.1. The summed E-state index contributed by atoms with van der Waals surface area (Å²) >= 11 is 0. The molecule has 1 saturated heterocycles. The third kappa shape index (κ3) is 5.95. The van der Waals surface area contributed by atoms with Gasteiger partial charge < -0.3 is 20.9 Å². The zero-order chi connectivity index (χ0) is 23.9. The monoisotopic (exact) mass is 462 g/mol. The fraction of sp³-hybridized carbons (Fsp3) is 0.444. The van der Waals surface area contributed by atoms with Crippen LogP contribution in [0.4, 0.5) is 4.79 Å². The van der Waals surface area contributed by atoms with Gasteiger partial charge in [-0.3, -0.25) is 9.59 Å². The van der Waals surface area contributed by atoms with Crippen molar-refractivity contribution in [3.63, 3.8) is 0 Å². The first-order valence-corrected chi connectivity index (χ1v) is 12.2. The van der Waals surface area contributed by atoms with Gasteiger partial charge in [-0.25, -0.2) is 4.79 Å². The number of carbonyl (C=O) groups excluding carboxylic acids is 3. The predicted octanol–water partition coefficient (Wildman–Crippen LogP) is 3.23. The minimum Gasteiger partial charge on any atom is -0.370 e. The number of nitrogens with zero attached hydrogens (tertiary/aromatic N) is 2. The van der Waals surface area contributed by atoms with Crippen LogP contribution in [0, 0.1) is 0 Å². The molecule has 34 heavy (non-hydrogen) atoms. The van der Waals surface area contributed by atoms with Gasteiger partial charge in [0.2, 0.25) is 11.8 Å². The molecule has 7 heteroatoms. The Morgan fingerprint density at radius 1 is 0.912 bits per heavy atom. The smallest absolute Gasteiger partial charge is 0.318 e. The molecule has 2 aromatic rings. The number of nitrogens with one attached hydrogen (secondary N) is 1.